The molecule has 9 nitrogen and oxygen atoms in total. The summed E-state index contributed by atoms with van der Waals surface area (Å²) in [7, 11) is 0. The van der Waals surface area contributed by atoms with Gasteiger partial charge in [0.1, 0.15) is 29.4 Å². The van der Waals surface area contributed by atoms with Crippen molar-refractivity contribution < 1.29 is 33.4 Å². The third kappa shape index (κ3) is 4.80. The summed E-state index contributed by atoms with van der Waals surface area (Å²) in [5.41, 5.74) is 1.16. The van der Waals surface area contributed by atoms with E-state index in [1.807, 2.05) is 6.07 Å². The molecule has 1 amide bonds. The molecule has 4 aromatic rings. The van der Waals surface area contributed by atoms with Crippen LogP contribution in [-0.4, -0.2) is 41.0 Å². The standard InChI is InChI=1S/C30H24N2O7S/c1-4-14-37-20-12-10-18(11-13-20)24-23(25(33)22-16-19-8-6-7-9-21(19)39-22)26(34)28(35)32(24)30-31-17(3)27(40-30)29(36)38-15-5-2/h4-13,16,24,34H,1-2,14-15H2,3H3. The highest BCUT2D eigenvalue weighted by atomic mass is 32.1. The topological polar surface area (TPSA) is 119 Å². The second-order valence-corrected chi connectivity index (χ2v) is 9.76. The van der Waals surface area contributed by atoms with Crippen molar-refractivity contribution in [1.29, 1.82) is 0 Å². The van der Waals surface area contributed by atoms with Gasteiger partial charge in [0.05, 0.1) is 17.3 Å². The number of hydrogen-bond acceptors (Lipinski definition) is 9. The number of amides is 1. The first-order chi connectivity index (χ1) is 19.3. The molecule has 0 fully saturated rings. The van der Waals surface area contributed by atoms with E-state index in [2.05, 4.69) is 18.1 Å². The molecular formula is C30H24N2O7S. The normalized spacial score (nSPS) is 15.0. The first-order valence-corrected chi connectivity index (χ1v) is 13.0. The number of ether oxygens (including phenoxy) is 2. The molecule has 0 bridgehead atoms. The number of nitrogens with zero attached hydrogens (tertiary/aromatic N) is 2. The van der Waals surface area contributed by atoms with Crippen molar-refractivity contribution in [3.63, 3.8) is 0 Å². The molecule has 1 aliphatic heterocycles. The van der Waals surface area contributed by atoms with E-state index in [9.17, 15) is 19.5 Å². The first kappa shape index (κ1) is 26.6. The molecule has 1 atom stereocenters. The molecule has 0 saturated carbocycles. The molecule has 0 saturated heterocycles. The minimum atomic E-state index is -1.07. The Hall–Kier alpha value is -4.96. The van der Waals surface area contributed by atoms with Crippen LogP contribution in [-0.2, 0) is 9.53 Å². The molecule has 3 heterocycles. The molecule has 1 unspecified atom stereocenters. The number of aliphatic hydroxyl groups is 1. The number of furan rings is 1. The predicted octanol–water partition coefficient (Wildman–Crippen LogP) is 5.89. The Bertz CT molecular complexity index is 1650. The number of benzene rings is 2. The molecule has 202 valence electrons. The fraction of sp³-hybridized carbons (Fsp3) is 0.133. The lowest BCUT2D eigenvalue weighted by atomic mass is 9.95. The van der Waals surface area contributed by atoms with Crippen LogP contribution in [0.1, 0.15) is 37.5 Å². The van der Waals surface area contributed by atoms with E-state index < -0.39 is 29.5 Å². The number of ketones is 1. The minimum Gasteiger partial charge on any atom is -0.503 e. The van der Waals surface area contributed by atoms with E-state index >= 15 is 0 Å². The Labute approximate surface area is 233 Å². The number of carbonyl (C=O) groups is 3. The highest BCUT2D eigenvalue weighted by Gasteiger charge is 2.47. The summed E-state index contributed by atoms with van der Waals surface area (Å²) in [4.78, 5) is 45.7. The van der Waals surface area contributed by atoms with Gasteiger partial charge in [0.25, 0.3) is 5.91 Å². The van der Waals surface area contributed by atoms with E-state index in [4.69, 9.17) is 13.9 Å². The van der Waals surface area contributed by atoms with Crippen molar-refractivity contribution in [3.05, 3.63) is 113 Å². The van der Waals surface area contributed by atoms with E-state index in [1.165, 1.54) is 11.0 Å². The van der Waals surface area contributed by atoms with Crippen LogP contribution in [0, 0.1) is 6.92 Å². The number of esters is 1. The third-order valence-corrected chi connectivity index (χ3v) is 7.31. The largest absolute Gasteiger partial charge is 0.503 e. The molecule has 5 rings (SSSR count). The van der Waals surface area contributed by atoms with Crippen molar-refractivity contribution in [2.75, 3.05) is 18.1 Å². The summed E-state index contributed by atoms with van der Waals surface area (Å²) >= 11 is 0.924. The number of hydrogen-bond donors (Lipinski definition) is 1. The second kappa shape index (κ2) is 11.0. The van der Waals surface area contributed by atoms with Crippen molar-refractivity contribution in [1.82, 2.24) is 4.98 Å². The van der Waals surface area contributed by atoms with E-state index in [1.54, 1.807) is 61.5 Å². The van der Waals surface area contributed by atoms with Gasteiger partial charge in [-0.15, -0.1) is 0 Å². The van der Waals surface area contributed by atoms with Crippen LogP contribution in [0.25, 0.3) is 11.0 Å². The van der Waals surface area contributed by atoms with Gasteiger partial charge in [-0.25, -0.2) is 9.78 Å². The van der Waals surface area contributed by atoms with Crippen LogP contribution >= 0.6 is 11.3 Å². The average Bonchev–Trinajstić information content (AvgIpc) is 3.64. The number of anilines is 1. The quantitative estimate of drug-likeness (QED) is 0.146. The zero-order chi connectivity index (χ0) is 28.4. The zero-order valence-electron chi connectivity index (χ0n) is 21.5. The monoisotopic (exact) mass is 556 g/mol. The van der Waals surface area contributed by atoms with E-state index in [0.29, 0.717) is 34.6 Å². The summed E-state index contributed by atoms with van der Waals surface area (Å²) in [6, 6.07) is 14.3. The molecule has 1 N–H and O–H groups in total. The fourth-order valence-electron chi connectivity index (χ4n) is 4.35. The number of Topliss-reactive ketones (excluding diaryl/α,β-unsaturated/α-hetero) is 1. The molecular weight excluding hydrogens is 532 g/mol. The zero-order valence-corrected chi connectivity index (χ0v) is 22.3. The summed E-state index contributed by atoms with van der Waals surface area (Å²) in [5, 5.41) is 11.9. The first-order valence-electron chi connectivity index (χ1n) is 12.2. The highest BCUT2D eigenvalue weighted by molar-refractivity contribution is 7.17. The SMILES string of the molecule is C=CCOC(=O)c1sc(N2C(=O)C(O)=C(C(=O)c3cc4ccccc4o3)C2c2ccc(OCC=C)cc2)nc1C. The average molecular weight is 557 g/mol. The number of aliphatic hydroxyl groups excluding tert-OH is 1. The molecule has 2 aromatic heterocycles. The third-order valence-electron chi connectivity index (χ3n) is 6.17. The van der Waals surface area contributed by atoms with Crippen LogP contribution in [0.5, 0.6) is 5.75 Å². The molecule has 40 heavy (non-hydrogen) atoms. The summed E-state index contributed by atoms with van der Waals surface area (Å²) in [6.45, 7) is 9.09. The maximum Gasteiger partial charge on any atom is 0.350 e. The smallest absolute Gasteiger partial charge is 0.350 e. The number of carbonyl (C=O) groups excluding carboxylic acids is 3. The summed E-state index contributed by atoms with van der Waals surface area (Å²) < 4.78 is 16.5. The maximum atomic E-state index is 13.8. The molecule has 10 heteroatoms. The highest BCUT2D eigenvalue weighted by Crippen LogP contribution is 2.44. The molecule has 1 aliphatic rings. The van der Waals surface area contributed by atoms with Gasteiger partial charge < -0.3 is 19.0 Å². The number of thiazole rings is 1. The van der Waals surface area contributed by atoms with Crippen LogP contribution in [0.3, 0.4) is 0 Å². The van der Waals surface area contributed by atoms with Gasteiger partial charge in [0.2, 0.25) is 5.78 Å². The molecule has 2 aromatic carbocycles. The lowest BCUT2D eigenvalue weighted by molar-refractivity contribution is -0.117. The number of aromatic nitrogens is 1. The van der Waals surface area contributed by atoms with Gasteiger partial charge in [0, 0.05) is 5.39 Å². The predicted molar refractivity (Wildman–Crippen MR) is 150 cm³/mol. The van der Waals surface area contributed by atoms with E-state index in [-0.39, 0.29) is 27.9 Å². The van der Waals surface area contributed by atoms with Crippen LogP contribution < -0.4 is 9.64 Å². The van der Waals surface area contributed by atoms with Crippen LogP contribution in [0.2, 0.25) is 0 Å². The maximum absolute atomic E-state index is 13.8. The minimum absolute atomic E-state index is 0.00947. The van der Waals surface area contributed by atoms with Gasteiger partial charge in [0.15, 0.2) is 16.7 Å². The number of para-hydroxylation sites is 1. The fourth-order valence-corrected chi connectivity index (χ4v) is 5.34. The Balaban J connectivity index is 1.60. The summed E-state index contributed by atoms with van der Waals surface area (Å²) in [5.74, 6) is -2.32. The summed E-state index contributed by atoms with van der Waals surface area (Å²) in [6.07, 6.45) is 3.05. The van der Waals surface area contributed by atoms with Gasteiger partial charge in [-0.05, 0) is 36.8 Å². The lowest BCUT2D eigenvalue weighted by Crippen LogP contribution is -2.31. The van der Waals surface area contributed by atoms with Crippen LogP contribution in [0.4, 0.5) is 5.13 Å². The Morgan fingerprint density at radius 2 is 1.85 bits per heavy atom. The van der Waals surface area contributed by atoms with Crippen molar-refractivity contribution in [3.8, 4) is 5.75 Å². The Kier molecular flexibility index (Phi) is 7.35. The van der Waals surface area contributed by atoms with Crippen LogP contribution in [0.15, 0.2) is 95.7 Å². The van der Waals surface area contributed by atoms with E-state index in [0.717, 1.165) is 11.3 Å². The number of fused-ring (bicyclic) bond motifs is 1. The second-order valence-electron chi connectivity index (χ2n) is 8.78. The van der Waals surface area contributed by atoms with Crippen molar-refractivity contribution >= 4 is 45.1 Å². The van der Waals surface area contributed by atoms with Gasteiger partial charge >= 0.3 is 5.97 Å². The Morgan fingerprint density at radius 3 is 2.55 bits per heavy atom. The van der Waals surface area contributed by atoms with Crippen molar-refractivity contribution in [2.45, 2.75) is 13.0 Å². The molecule has 0 spiro atoms. The van der Waals surface area contributed by atoms with Gasteiger partial charge in [-0.1, -0.05) is 67.0 Å². The number of rotatable bonds is 10. The lowest BCUT2D eigenvalue weighted by Gasteiger charge is -2.24. The number of aryl methyl sites for hydroxylation is 1. The molecule has 0 radical (unpaired) electrons. The Morgan fingerprint density at radius 1 is 1.12 bits per heavy atom. The van der Waals surface area contributed by atoms with Gasteiger partial charge in [-0.3, -0.25) is 14.5 Å². The molecule has 0 aliphatic carbocycles. The van der Waals surface area contributed by atoms with Crippen molar-refractivity contribution in [2.24, 2.45) is 0 Å². The van der Waals surface area contributed by atoms with Gasteiger partial charge in [-0.2, -0.15) is 0 Å².